The molecule has 1 rings (SSSR count). The molecule has 0 heterocycles. The molecule has 19 heavy (non-hydrogen) atoms. The van der Waals surface area contributed by atoms with Crippen molar-refractivity contribution in [1.29, 1.82) is 0 Å². The Morgan fingerprint density at radius 1 is 1.16 bits per heavy atom. The first-order valence-corrected chi connectivity index (χ1v) is 7.73. The number of nitrogens with two attached hydrogens (primary N) is 1. The van der Waals surface area contributed by atoms with Crippen molar-refractivity contribution in [2.75, 3.05) is 26.7 Å². The maximum Gasteiger partial charge on any atom is 0.229 e. The molecule has 1 amide bonds. The van der Waals surface area contributed by atoms with Gasteiger partial charge in [0.05, 0.1) is 5.41 Å². The van der Waals surface area contributed by atoms with Gasteiger partial charge < -0.3 is 15.7 Å². The Morgan fingerprint density at radius 3 is 2.32 bits per heavy atom. The van der Waals surface area contributed by atoms with Crippen molar-refractivity contribution < 1.29 is 9.90 Å². The molecule has 112 valence electrons. The van der Waals surface area contributed by atoms with E-state index in [0.717, 1.165) is 51.5 Å². The molecule has 0 saturated heterocycles. The summed E-state index contributed by atoms with van der Waals surface area (Å²) < 4.78 is 0. The van der Waals surface area contributed by atoms with Crippen LogP contribution in [-0.2, 0) is 4.79 Å². The summed E-state index contributed by atoms with van der Waals surface area (Å²) in [5, 5.41) is 8.76. The van der Waals surface area contributed by atoms with Crippen LogP contribution in [0.2, 0.25) is 0 Å². The number of hydrogen-bond acceptors (Lipinski definition) is 3. The third-order valence-electron chi connectivity index (χ3n) is 4.40. The first-order chi connectivity index (χ1) is 9.16. The van der Waals surface area contributed by atoms with E-state index >= 15 is 0 Å². The number of aliphatic hydroxyl groups is 1. The van der Waals surface area contributed by atoms with Crippen LogP contribution in [0.25, 0.3) is 0 Å². The predicted molar refractivity (Wildman–Crippen MR) is 77.8 cm³/mol. The van der Waals surface area contributed by atoms with E-state index in [0.29, 0.717) is 6.54 Å². The summed E-state index contributed by atoms with van der Waals surface area (Å²) in [6, 6.07) is 0. The van der Waals surface area contributed by atoms with Gasteiger partial charge in [-0.2, -0.15) is 0 Å². The van der Waals surface area contributed by atoms with E-state index < -0.39 is 0 Å². The minimum Gasteiger partial charge on any atom is -0.396 e. The van der Waals surface area contributed by atoms with E-state index in [2.05, 4.69) is 0 Å². The van der Waals surface area contributed by atoms with Crippen LogP contribution in [-0.4, -0.2) is 42.7 Å². The van der Waals surface area contributed by atoms with Gasteiger partial charge in [-0.05, 0) is 32.1 Å². The molecule has 3 N–H and O–H groups in total. The molecule has 0 aliphatic heterocycles. The molecule has 1 aliphatic carbocycles. The predicted octanol–water partition coefficient (Wildman–Crippen LogP) is 1.91. The van der Waals surface area contributed by atoms with Crippen LogP contribution in [0.15, 0.2) is 0 Å². The number of carbonyl (C=O) groups is 1. The van der Waals surface area contributed by atoms with Crippen LogP contribution in [0.1, 0.15) is 57.8 Å². The van der Waals surface area contributed by atoms with Gasteiger partial charge in [0.1, 0.15) is 0 Å². The highest BCUT2D eigenvalue weighted by Gasteiger charge is 2.38. The molecule has 0 radical (unpaired) electrons. The van der Waals surface area contributed by atoms with Crippen LogP contribution in [0.5, 0.6) is 0 Å². The highest BCUT2D eigenvalue weighted by atomic mass is 16.2. The van der Waals surface area contributed by atoms with Gasteiger partial charge in [-0.25, -0.2) is 0 Å². The first kappa shape index (κ1) is 16.4. The topological polar surface area (TPSA) is 66.6 Å². The number of nitrogens with zero attached hydrogens (tertiary/aromatic N) is 1. The maximum absolute atomic E-state index is 12.7. The average Bonchev–Trinajstić information content (AvgIpc) is 2.69. The highest BCUT2D eigenvalue weighted by molar-refractivity contribution is 5.82. The van der Waals surface area contributed by atoms with Crippen LogP contribution in [0.3, 0.4) is 0 Å². The standard InChI is InChI=1S/C15H30N2O2/c1-17(11-7-4-8-12-18)14(19)15(13-16)9-5-2-3-6-10-15/h18H,2-13,16H2,1H3. The fourth-order valence-corrected chi connectivity index (χ4v) is 3.05. The maximum atomic E-state index is 12.7. The number of aliphatic hydroxyl groups excluding tert-OH is 1. The normalized spacial score (nSPS) is 18.9. The first-order valence-electron chi connectivity index (χ1n) is 7.73. The lowest BCUT2D eigenvalue weighted by Crippen LogP contribution is -2.46. The third kappa shape index (κ3) is 4.77. The van der Waals surface area contributed by atoms with Crippen molar-refractivity contribution in [2.45, 2.75) is 57.8 Å². The fourth-order valence-electron chi connectivity index (χ4n) is 3.05. The van der Waals surface area contributed by atoms with Crippen molar-refractivity contribution in [3.8, 4) is 0 Å². The summed E-state index contributed by atoms with van der Waals surface area (Å²) >= 11 is 0. The smallest absolute Gasteiger partial charge is 0.229 e. The van der Waals surface area contributed by atoms with E-state index in [9.17, 15) is 4.79 Å². The van der Waals surface area contributed by atoms with Crippen LogP contribution >= 0.6 is 0 Å². The van der Waals surface area contributed by atoms with E-state index in [-0.39, 0.29) is 17.9 Å². The summed E-state index contributed by atoms with van der Waals surface area (Å²) in [5.41, 5.74) is 5.64. The Balaban J connectivity index is 2.51. The van der Waals surface area contributed by atoms with Crippen molar-refractivity contribution in [3.63, 3.8) is 0 Å². The van der Waals surface area contributed by atoms with Crippen molar-refractivity contribution in [2.24, 2.45) is 11.1 Å². The van der Waals surface area contributed by atoms with E-state index in [1.165, 1.54) is 12.8 Å². The molecule has 0 aromatic rings. The second-order valence-corrected chi connectivity index (χ2v) is 5.91. The summed E-state index contributed by atoms with van der Waals surface area (Å²) in [6.07, 6.45) is 9.37. The minimum absolute atomic E-state index is 0.237. The summed E-state index contributed by atoms with van der Waals surface area (Å²) in [5.74, 6) is 0.237. The zero-order valence-electron chi connectivity index (χ0n) is 12.4. The van der Waals surface area contributed by atoms with Crippen LogP contribution in [0, 0.1) is 5.41 Å². The van der Waals surface area contributed by atoms with E-state index in [1.54, 1.807) is 0 Å². The molecule has 0 bridgehead atoms. The molecular formula is C15H30N2O2. The van der Waals surface area contributed by atoms with Gasteiger partial charge in [-0.1, -0.05) is 25.7 Å². The van der Waals surface area contributed by atoms with Gasteiger partial charge >= 0.3 is 0 Å². The minimum atomic E-state index is -0.303. The SMILES string of the molecule is CN(CCCCCO)C(=O)C1(CN)CCCCCC1. The summed E-state index contributed by atoms with van der Waals surface area (Å²) in [6.45, 7) is 1.50. The highest BCUT2D eigenvalue weighted by Crippen LogP contribution is 2.35. The lowest BCUT2D eigenvalue weighted by molar-refractivity contribution is -0.141. The van der Waals surface area contributed by atoms with Crippen LogP contribution in [0.4, 0.5) is 0 Å². The van der Waals surface area contributed by atoms with Gasteiger partial charge in [0.2, 0.25) is 5.91 Å². The molecular weight excluding hydrogens is 240 g/mol. The zero-order chi connectivity index (χ0) is 14.1. The molecule has 1 saturated carbocycles. The molecule has 4 heteroatoms. The molecule has 4 nitrogen and oxygen atoms in total. The molecule has 0 spiro atoms. The zero-order valence-corrected chi connectivity index (χ0v) is 12.4. The molecule has 0 unspecified atom stereocenters. The molecule has 0 aromatic heterocycles. The molecule has 1 aliphatic rings. The molecule has 0 aromatic carbocycles. The summed E-state index contributed by atoms with van der Waals surface area (Å²) in [7, 11) is 1.89. The van der Waals surface area contributed by atoms with Gasteiger partial charge in [0, 0.05) is 26.7 Å². The van der Waals surface area contributed by atoms with E-state index in [1.807, 2.05) is 11.9 Å². The largest absolute Gasteiger partial charge is 0.396 e. The molecule has 0 atom stereocenters. The van der Waals surface area contributed by atoms with Gasteiger partial charge in [-0.3, -0.25) is 4.79 Å². The fraction of sp³-hybridized carbons (Fsp3) is 0.933. The van der Waals surface area contributed by atoms with Gasteiger partial charge in [0.25, 0.3) is 0 Å². The second-order valence-electron chi connectivity index (χ2n) is 5.91. The Kier molecular flexibility index (Phi) is 7.39. The van der Waals surface area contributed by atoms with Gasteiger partial charge in [0.15, 0.2) is 0 Å². The van der Waals surface area contributed by atoms with Gasteiger partial charge in [-0.15, -0.1) is 0 Å². The third-order valence-corrected chi connectivity index (χ3v) is 4.40. The summed E-state index contributed by atoms with van der Waals surface area (Å²) in [4.78, 5) is 14.5. The number of rotatable bonds is 7. The monoisotopic (exact) mass is 270 g/mol. The van der Waals surface area contributed by atoms with Crippen molar-refractivity contribution in [1.82, 2.24) is 4.90 Å². The Morgan fingerprint density at radius 2 is 1.79 bits per heavy atom. The quantitative estimate of drug-likeness (QED) is 0.548. The lowest BCUT2D eigenvalue weighted by Gasteiger charge is -2.34. The number of unbranched alkanes of at least 4 members (excludes halogenated alkanes) is 2. The Bertz CT molecular complexity index is 261. The Hall–Kier alpha value is -0.610. The molecule has 1 fully saturated rings. The number of carbonyl (C=O) groups excluding carboxylic acids is 1. The number of amides is 1. The number of hydrogen-bond donors (Lipinski definition) is 2. The van der Waals surface area contributed by atoms with E-state index in [4.69, 9.17) is 10.8 Å². The Labute approximate surface area is 117 Å². The van der Waals surface area contributed by atoms with Crippen molar-refractivity contribution in [3.05, 3.63) is 0 Å². The van der Waals surface area contributed by atoms with Crippen molar-refractivity contribution >= 4 is 5.91 Å². The average molecular weight is 270 g/mol. The lowest BCUT2D eigenvalue weighted by atomic mass is 9.79. The second kappa shape index (κ2) is 8.54. The van der Waals surface area contributed by atoms with Crippen LogP contribution < -0.4 is 5.73 Å².